The zero-order chi connectivity index (χ0) is 15.5. The van der Waals surface area contributed by atoms with Crippen LogP contribution < -0.4 is 0 Å². The van der Waals surface area contributed by atoms with Crippen molar-refractivity contribution in [3.05, 3.63) is 29.8 Å². The Bertz CT molecular complexity index is 610. The Morgan fingerprint density at radius 3 is 2.86 bits per heavy atom. The third-order valence-corrected chi connectivity index (χ3v) is 5.76. The van der Waals surface area contributed by atoms with Gasteiger partial charge in [0.1, 0.15) is 0 Å². The highest BCUT2D eigenvalue weighted by molar-refractivity contribution is 7.89. The molecule has 0 saturated carbocycles. The van der Waals surface area contributed by atoms with E-state index in [1.807, 2.05) is 0 Å². The van der Waals surface area contributed by atoms with Crippen LogP contribution in [0.25, 0.3) is 0 Å². The zero-order valence-corrected chi connectivity index (χ0v) is 13.0. The fourth-order valence-corrected chi connectivity index (χ4v) is 4.29. The summed E-state index contributed by atoms with van der Waals surface area (Å²) in [6.07, 6.45) is 2.37. The second kappa shape index (κ2) is 6.68. The molecule has 0 radical (unpaired) electrons. The lowest BCUT2D eigenvalue weighted by atomic mass is 9.97. The van der Waals surface area contributed by atoms with Crippen LogP contribution >= 0.6 is 0 Å². The predicted octanol–water partition coefficient (Wildman–Crippen LogP) is 1.67. The topological polar surface area (TPSA) is 74.7 Å². The molecule has 0 aromatic heterocycles. The Balaban J connectivity index is 2.25. The summed E-state index contributed by atoms with van der Waals surface area (Å²) in [5.74, 6) is 0.0540. The number of carbonyl (C=O) groups excluding carboxylic acids is 1. The SMILES string of the molecule is CC(=O)c1cccc(S(=O)(=O)N2CCCC(CCO)C2)c1. The van der Waals surface area contributed by atoms with E-state index in [9.17, 15) is 13.2 Å². The van der Waals surface area contributed by atoms with Gasteiger partial charge in [-0.1, -0.05) is 12.1 Å². The summed E-state index contributed by atoms with van der Waals surface area (Å²) in [6.45, 7) is 2.43. The van der Waals surface area contributed by atoms with Gasteiger partial charge in [0.15, 0.2) is 5.78 Å². The lowest BCUT2D eigenvalue weighted by Crippen LogP contribution is -2.40. The largest absolute Gasteiger partial charge is 0.396 e. The van der Waals surface area contributed by atoms with E-state index in [2.05, 4.69) is 0 Å². The van der Waals surface area contributed by atoms with Gasteiger partial charge in [0.2, 0.25) is 10.0 Å². The molecule has 5 nitrogen and oxygen atoms in total. The molecule has 21 heavy (non-hydrogen) atoms. The Morgan fingerprint density at radius 2 is 2.19 bits per heavy atom. The lowest BCUT2D eigenvalue weighted by molar-refractivity contribution is 0.101. The molecular formula is C15H21NO4S. The van der Waals surface area contributed by atoms with Crippen LogP contribution in [0.3, 0.4) is 0 Å². The van der Waals surface area contributed by atoms with Crippen molar-refractivity contribution in [2.45, 2.75) is 31.1 Å². The van der Waals surface area contributed by atoms with Crippen molar-refractivity contribution >= 4 is 15.8 Å². The number of nitrogens with zero attached hydrogens (tertiary/aromatic N) is 1. The maximum Gasteiger partial charge on any atom is 0.243 e. The molecule has 1 fully saturated rings. The molecule has 0 aliphatic carbocycles. The maximum atomic E-state index is 12.7. The highest BCUT2D eigenvalue weighted by Crippen LogP contribution is 2.25. The molecule has 2 rings (SSSR count). The van der Waals surface area contributed by atoms with Crippen LogP contribution in [-0.2, 0) is 10.0 Å². The van der Waals surface area contributed by atoms with Crippen molar-refractivity contribution in [3.63, 3.8) is 0 Å². The van der Waals surface area contributed by atoms with E-state index in [0.29, 0.717) is 25.1 Å². The molecule has 1 aromatic rings. The number of piperidine rings is 1. The molecule has 1 unspecified atom stereocenters. The maximum absolute atomic E-state index is 12.7. The first kappa shape index (κ1) is 16.1. The first-order chi connectivity index (χ1) is 9.95. The number of hydrogen-bond acceptors (Lipinski definition) is 4. The summed E-state index contributed by atoms with van der Waals surface area (Å²) in [5, 5.41) is 9.02. The van der Waals surface area contributed by atoms with Crippen molar-refractivity contribution in [3.8, 4) is 0 Å². The van der Waals surface area contributed by atoms with E-state index in [4.69, 9.17) is 5.11 Å². The summed E-state index contributed by atoms with van der Waals surface area (Å²) < 4.78 is 26.8. The minimum Gasteiger partial charge on any atom is -0.396 e. The van der Waals surface area contributed by atoms with Crippen molar-refractivity contribution in [1.29, 1.82) is 0 Å². The van der Waals surface area contributed by atoms with Gasteiger partial charge in [-0.3, -0.25) is 4.79 Å². The van der Waals surface area contributed by atoms with Gasteiger partial charge in [0, 0.05) is 25.3 Å². The lowest BCUT2D eigenvalue weighted by Gasteiger charge is -2.31. The van der Waals surface area contributed by atoms with Gasteiger partial charge in [-0.25, -0.2) is 8.42 Å². The molecule has 1 saturated heterocycles. The van der Waals surface area contributed by atoms with E-state index in [-0.39, 0.29) is 23.2 Å². The van der Waals surface area contributed by atoms with Crippen LogP contribution in [0.2, 0.25) is 0 Å². The third-order valence-electron chi connectivity index (χ3n) is 3.90. The number of ketones is 1. The Morgan fingerprint density at radius 1 is 1.43 bits per heavy atom. The summed E-state index contributed by atoms with van der Waals surface area (Å²) >= 11 is 0. The summed E-state index contributed by atoms with van der Waals surface area (Å²) in [5.41, 5.74) is 0.403. The Labute approximate surface area is 125 Å². The van der Waals surface area contributed by atoms with Crippen LogP contribution in [0.1, 0.15) is 36.5 Å². The number of hydrogen-bond donors (Lipinski definition) is 1. The standard InChI is InChI=1S/C15H21NO4S/c1-12(18)14-5-2-6-15(10-14)21(19,20)16-8-3-4-13(11-16)7-9-17/h2,5-6,10,13,17H,3-4,7-9,11H2,1H3. The second-order valence-corrected chi connectivity index (χ2v) is 7.41. The Kier molecular flexibility index (Phi) is 5.13. The molecule has 1 aromatic carbocycles. The zero-order valence-electron chi connectivity index (χ0n) is 12.2. The normalized spacial score (nSPS) is 20.4. The highest BCUT2D eigenvalue weighted by Gasteiger charge is 2.30. The van der Waals surface area contributed by atoms with Gasteiger partial charge in [0.05, 0.1) is 4.90 Å². The monoisotopic (exact) mass is 311 g/mol. The van der Waals surface area contributed by atoms with Gasteiger partial charge in [-0.2, -0.15) is 4.31 Å². The van der Waals surface area contributed by atoms with Crippen LogP contribution in [-0.4, -0.2) is 43.3 Å². The smallest absolute Gasteiger partial charge is 0.243 e. The molecule has 1 aliphatic rings. The molecule has 1 aliphatic heterocycles. The number of aliphatic hydroxyl groups is 1. The molecular weight excluding hydrogens is 290 g/mol. The average molecular weight is 311 g/mol. The molecule has 1 heterocycles. The molecule has 1 N–H and O–H groups in total. The van der Waals surface area contributed by atoms with E-state index >= 15 is 0 Å². The predicted molar refractivity (Wildman–Crippen MR) is 79.6 cm³/mol. The highest BCUT2D eigenvalue weighted by atomic mass is 32.2. The average Bonchev–Trinajstić information content (AvgIpc) is 2.48. The first-order valence-corrected chi connectivity index (χ1v) is 8.61. The van der Waals surface area contributed by atoms with Crippen molar-refractivity contribution in [2.75, 3.05) is 19.7 Å². The van der Waals surface area contributed by atoms with Crippen LogP contribution in [0, 0.1) is 5.92 Å². The van der Waals surface area contributed by atoms with Gasteiger partial charge in [-0.15, -0.1) is 0 Å². The summed E-state index contributed by atoms with van der Waals surface area (Å²) in [7, 11) is -3.57. The fourth-order valence-electron chi connectivity index (χ4n) is 2.69. The van der Waals surface area contributed by atoms with E-state index in [1.165, 1.54) is 23.4 Å². The molecule has 0 amide bonds. The molecule has 1 atom stereocenters. The summed E-state index contributed by atoms with van der Waals surface area (Å²) in [6, 6.07) is 6.18. The van der Waals surface area contributed by atoms with Gasteiger partial charge in [0.25, 0.3) is 0 Å². The number of benzene rings is 1. The van der Waals surface area contributed by atoms with E-state index in [1.54, 1.807) is 12.1 Å². The quantitative estimate of drug-likeness (QED) is 0.839. The Hall–Kier alpha value is -1.24. The van der Waals surface area contributed by atoms with Crippen LogP contribution in [0.15, 0.2) is 29.2 Å². The minimum atomic E-state index is -3.57. The molecule has 116 valence electrons. The number of carbonyl (C=O) groups is 1. The van der Waals surface area contributed by atoms with E-state index in [0.717, 1.165) is 12.8 Å². The number of rotatable bonds is 5. The van der Waals surface area contributed by atoms with Crippen molar-refractivity contribution in [1.82, 2.24) is 4.31 Å². The van der Waals surface area contributed by atoms with Crippen LogP contribution in [0.5, 0.6) is 0 Å². The minimum absolute atomic E-state index is 0.0817. The van der Waals surface area contributed by atoms with Gasteiger partial charge < -0.3 is 5.11 Å². The second-order valence-electron chi connectivity index (χ2n) is 5.47. The first-order valence-electron chi connectivity index (χ1n) is 7.17. The molecule has 0 spiro atoms. The van der Waals surface area contributed by atoms with Crippen molar-refractivity contribution in [2.24, 2.45) is 5.92 Å². The van der Waals surface area contributed by atoms with Crippen molar-refractivity contribution < 1.29 is 18.3 Å². The van der Waals surface area contributed by atoms with E-state index < -0.39 is 10.0 Å². The van der Waals surface area contributed by atoms with Gasteiger partial charge >= 0.3 is 0 Å². The van der Waals surface area contributed by atoms with Crippen LogP contribution in [0.4, 0.5) is 0 Å². The number of aliphatic hydroxyl groups excluding tert-OH is 1. The number of Topliss-reactive ketones (excluding diaryl/α,β-unsaturated/α-hetero) is 1. The third kappa shape index (κ3) is 3.70. The fraction of sp³-hybridized carbons (Fsp3) is 0.533. The summed E-state index contributed by atoms with van der Waals surface area (Å²) in [4.78, 5) is 11.6. The molecule has 6 heteroatoms. The number of sulfonamides is 1. The van der Waals surface area contributed by atoms with Gasteiger partial charge in [-0.05, 0) is 44.2 Å². The molecule has 0 bridgehead atoms.